The van der Waals surface area contributed by atoms with Gasteiger partial charge in [-0.05, 0) is 0 Å². The second-order valence-electron chi connectivity index (χ2n) is 10.8. The van der Waals surface area contributed by atoms with Crippen LogP contribution in [0.3, 0.4) is 0 Å². The fraction of sp³-hybridized carbons (Fsp3) is 0.455. The molecule has 6 N–H and O–H groups in total. The molecule has 9 atom stereocenters. The van der Waals surface area contributed by atoms with Gasteiger partial charge < -0.3 is 30.1 Å². The highest BCUT2D eigenvalue weighted by atomic mass is 31.2. The van der Waals surface area contributed by atoms with E-state index in [2.05, 4.69) is 29.9 Å². The minimum atomic E-state index is -5.22. The Labute approximate surface area is 259 Å². The van der Waals surface area contributed by atoms with Crippen molar-refractivity contribution in [2.45, 2.75) is 42.5 Å². The van der Waals surface area contributed by atoms with Gasteiger partial charge in [0.2, 0.25) is 11.6 Å². The number of nitrogens with two attached hydrogens (primary N) is 1. The van der Waals surface area contributed by atoms with Crippen LogP contribution >= 0.6 is 15.6 Å². The van der Waals surface area contributed by atoms with Crippen LogP contribution < -0.4 is 11.3 Å². The van der Waals surface area contributed by atoms with Crippen molar-refractivity contribution in [1.82, 2.24) is 43.4 Å². The van der Waals surface area contributed by atoms with Gasteiger partial charge in [0.1, 0.15) is 42.9 Å². The molecule has 8 heterocycles. The Kier molecular flexibility index (Phi) is 6.92. The molecule has 25 heteroatoms. The molecule has 0 amide bonds. The molecule has 8 rings (SSSR count). The number of phosphoric acid groups is 2. The van der Waals surface area contributed by atoms with Crippen LogP contribution in [0.25, 0.3) is 28.1 Å². The van der Waals surface area contributed by atoms with Crippen LogP contribution in [-0.4, -0.2) is 109 Å². The molecule has 0 saturated carbocycles. The normalized spacial score (nSPS) is 36.8. The Morgan fingerprint density at radius 3 is 2.57 bits per heavy atom. The van der Waals surface area contributed by atoms with Gasteiger partial charge in [-0.3, -0.25) is 41.4 Å². The summed E-state index contributed by atoms with van der Waals surface area (Å²) >= 11 is 0. The van der Waals surface area contributed by atoms with Crippen molar-refractivity contribution in [1.29, 1.82) is 0 Å². The van der Waals surface area contributed by atoms with E-state index in [1.54, 1.807) is 0 Å². The first-order valence-corrected chi connectivity index (χ1v) is 16.7. The average Bonchev–Trinajstić information content (AvgIpc) is 3.84. The number of aliphatic hydroxyl groups is 1. The fourth-order valence-electron chi connectivity index (χ4n) is 5.85. The minimum Gasteiger partial charge on any atom is -0.387 e. The van der Waals surface area contributed by atoms with E-state index in [9.17, 15) is 28.8 Å². The minimum absolute atomic E-state index is 0.0197. The average molecular weight is 700 g/mol. The lowest BCUT2D eigenvalue weighted by atomic mass is 10.1. The molecule has 3 aliphatic heterocycles. The zero-order valence-corrected chi connectivity index (χ0v) is 25.2. The smallest absolute Gasteiger partial charge is 0.387 e. The van der Waals surface area contributed by atoms with Crippen molar-refractivity contribution in [2.75, 3.05) is 25.6 Å². The number of hydrogen-bond acceptors (Lipinski definition) is 16. The second-order valence-corrected chi connectivity index (χ2v) is 13.6. The molecule has 0 spiro atoms. The highest BCUT2D eigenvalue weighted by Crippen LogP contribution is 2.54. The molecule has 0 aromatic carbocycles. The highest BCUT2D eigenvalue weighted by Gasteiger charge is 2.58. The first kappa shape index (κ1) is 30.6. The van der Waals surface area contributed by atoms with Crippen LogP contribution in [0.2, 0.25) is 0 Å². The molecule has 22 nitrogen and oxygen atoms in total. The van der Waals surface area contributed by atoms with Crippen molar-refractivity contribution in [2.24, 2.45) is 0 Å². The number of H-pyrrole nitrogens is 1. The lowest BCUT2D eigenvalue weighted by Gasteiger charge is -2.30. The summed E-state index contributed by atoms with van der Waals surface area (Å²) < 4.78 is 79.3. The van der Waals surface area contributed by atoms with Crippen molar-refractivity contribution >= 4 is 49.6 Å². The largest absolute Gasteiger partial charge is 0.472 e. The summed E-state index contributed by atoms with van der Waals surface area (Å²) in [6.45, 7) is -2.59. The number of alkyl halides is 1. The van der Waals surface area contributed by atoms with Crippen LogP contribution in [0, 0.1) is 0 Å². The van der Waals surface area contributed by atoms with E-state index in [1.165, 1.54) is 27.7 Å². The summed E-state index contributed by atoms with van der Waals surface area (Å²) in [5.41, 5.74) is 5.16. The Hall–Kier alpha value is -3.73. The lowest BCUT2D eigenvalue weighted by Crippen LogP contribution is -2.45. The van der Waals surface area contributed by atoms with E-state index in [0.717, 1.165) is 17.2 Å². The number of phosphoric ester groups is 2. The zero-order chi connectivity index (χ0) is 32.9. The van der Waals surface area contributed by atoms with Gasteiger partial charge in [-0.25, -0.2) is 38.4 Å². The molecule has 3 aliphatic rings. The molecule has 0 aliphatic carbocycles. The number of imidazole rings is 3. The third-order valence-electron chi connectivity index (χ3n) is 8.01. The zero-order valence-electron chi connectivity index (χ0n) is 23.4. The van der Waals surface area contributed by atoms with E-state index in [-0.39, 0.29) is 33.9 Å². The Bertz CT molecular complexity index is 2190. The summed E-state index contributed by atoms with van der Waals surface area (Å²) in [5, 5.41) is 11.2. The summed E-state index contributed by atoms with van der Waals surface area (Å²) in [6.07, 6.45) is -3.98. The first-order valence-electron chi connectivity index (χ1n) is 13.7. The number of anilines is 1. The molecular weight excluding hydrogens is 677 g/mol. The van der Waals surface area contributed by atoms with Crippen molar-refractivity contribution < 1.29 is 56.0 Å². The van der Waals surface area contributed by atoms with Gasteiger partial charge in [-0.1, -0.05) is 0 Å². The molecule has 2 unspecified atom stereocenters. The van der Waals surface area contributed by atoms with Crippen molar-refractivity contribution in [3.63, 3.8) is 0 Å². The first-order chi connectivity index (χ1) is 22.4. The van der Waals surface area contributed by atoms with Gasteiger partial charge in [-0.2, -0.15) is 0 Å². The van der Waals surface area contributed by atoms with E-state index in [0.29, 0.717) is 0 Å². The Morgan fingerprint density at radius 2 is 1.77 bits per heavy atom. The van der Waals surface area contributed by atoms with E-state index >= 15 is 4.39 Å². The Balaban J connectivity index is 1.15. The third-order valence-corrected chi connectivity index (χ3v) is 9.96. The number of aromatic nitrogens is 9. The SMILES string of the molecule is Nc1ncnc2c1ncn2[C@]1(F)CO[C@@H]2COP(=O)(O)O[C@@H]3[C@H](O)[C@@H](COP(=O)(O)O[C@H]21)O[C@H]3n1cnc2c(=O)[nH]c3nccn3c21. The molecule has 5 aromatic rings. The van der Waals surface area contributed by atoms with Gasteiger partial charge >= 0.3 is 15.6 Å². The number of halogens is 1. The van der Waals surface area contributed by atoms with Crippen LogP contribution in [0.1, 0.15) is 6.23 Å². The van der Waals surface area contributed by atoms with E-state index in [4.69, 9.17) is 33.3 Å². The highest BCUT2D eigenvalue weighted by molar-refractivity contribution is 7.47. The molecule has 47 heavy (non-hydrogen) atoms. The lowest BCUT2D eigenvalue weighted by molar-refractivity contribution is -0.0718. The maximum absolute atomic E-state index is 16.8. The number of nitrogens with one attached hydrogen (secondary N) is 1. The van der Waals surface area contributed by atoms with Gasteiger partial charge in [0, 0.05) is 12.4 Å². The van der Waals surface area contributed by atoms with Crippen LogP contribution in [0.15, 0.2) is 36.2 Å². The molecule has 250 valence electrons. The van der Waals surface area contributed by atoms with E-state index in [1.807, 2.05) is 0 Å². The van der Waals surface area contributed by atoms with Crippen LogP contribution in [-0.2, 0) is 42.5 Å². The number of fused-ring (bicyclic) bond motifs is 7. The predicted octanol–water partition coefficient (Wildman–Crippen LogP) is -0.908. The van der Waals surface area contributed by atoms with Gasteiger partial charge in [0.05, 0.1) is 25.9 Å². The monoisotopic (exact) mass is 700 g/mol. The second kappa shape index (κ2) is 10.6. The summed E-state index contributed by atoms with van der Waals surface area (Å²) in [4.78, 5) is 56.6. The van der Waals surface area contributed by atoms with Crippen LogP contribution in [0.5, 0.6) is 0 Å². The van der Waals surface area contributed by atoms with Gasteiger partial charge in [0.15, 0.2) is 35.0 Å². The topological polar surface area (TPSA) is 288 Å². The standard InChI is InChI=1S/C22H23FN10O12P2/c23-22(33-8-29-11-16(24)26-6-27-17(11)33)5-40-10-4-42-46(36,37)44-14-13(34)9(3-41-47(38,39)45-15(10)22)43-20(14)32-7-28-12-18(35)30-21-25-1-2-31(21)19(12)32/h1-2,6-10,13-15,20,34H,3-5H2,(H,36,37)(H,38,39)(H2,24,26,27)(H,25,30,35)/t9-,10-,13-,14-,15-,20-,22-/m1/s1. The number of nitrogens with zero attached hydrogens (tertiary/aromatic N) is 8. The molecule has 3 saturated heterocycles. The van der Waals surface area contributed by atoms with Crippen molar-refractivity contribution in [3.05, 3.63) is 41.7 Å². The summed E-state index contributed by atoms with van der Waals surface area (Å²) in [6, 6.07) is 0. The molecular formula is C22H23FN10O12P2. The summed E-state index contributed by atoms with van der Waals surface area (Å²) in [7, 11) is -10.4. The number of aliphatic hydroxyl groups excluding tert-OH is 1. The number of ether oxygens (including phenoxy) is 2. The maximum Gasteiger partial charge on any atom is 0.472 e. The third kappa shape index (κ3) is 4.90. The Morgan fingerprint density at radius 1 is 1.02 bits per heavy atom. The van der Waals surface area contributed by atoms with Crippen molar-refractivity contribution in [3.8, 4) is 0 Å². The quantitative estimate of drug-likeness (QED) is 0.139. The number of nitrogen functional groups attached to an aromatic ring is 1. The number of aromatic amines is 1. The molecule has 2 bridgehead atoms. The number of rotatable bonds is 2. The molecule has 5 aromatic heterocycles. The predicted molar refractivity (Wildman–Crippen MR) is 149 cm³/mol. The summed E-state index contributed by atoms with van der Waals surface area (Å²) in [5.74, 6) is -2.74. The van der Waals surface area contributed by atoms with Crippen LogP contribution in [0.4, 0.5) is 10.2 Å². The van der Waals surface area contributed by atoms with E-state index < -0.39 is 83.6 Å². The molecule has 3 fully saturated rings. The molecule has 0 radical (unpaired) electrons. The number of hydrogen-bond donors (Lipinski definition) is 5. The fourth-order valence-corrected chi connectivity index (χ4v) is 7.76. The van der Waals surface area contributed by atoms with Gasteiger partial charge in [-0.15, -0.1) is 0 Å². The van der Waals surface area contributed by atoms with Gasteiger partial charge in [0.25, 0.3) is 5.56 Å². The maximum atomic E-state index is 16.8.